The van der Waals surface area contributed by atoms with E-state index in [-0.39, 0.29) is 23.3 Å². The van der Waals surface area contributed by atoms with E-state index < -0.39 is 0 Å². The Bertz CT molecular complexity index is 1340. The fraction of sp³-hybridized carbons (Fsp3) is 0.423. The van der Waals surface area contributed by atoms with Crippen LogP contribution in [0.5, 0.6) is 0 Å². The van der Waals surface area contributed by atoms with Crippen LogP contribution in [0.4, 0.5) is 4.39 Å². The normalized spacial score (nSPS) is 17.3. The van der Waals surface area contributed by atoms with Crippen LogP contribution in [0.3, 0.4) is 0 Å². The molecule has 2 aliphatic rings. The summed E-state index contributed by atoms with van der Waals surface area (Å²) in [5.74, 6) is -0.588. The maximum Gasteiger partial charge on any atom is 0.254 e. The Morgan fingerprint density at radius 2 is 2.09 bits per heavy atom. The number of carbonyl (C=O) groups is 1. The van der Waals surface area contributed by atoms with E-state index in [4.69, 9.17) is 10.7 Å². The molecule has 2 atom stereocenters. The second kappa shape index (κ2) is 7.62. The minimum atomic E-state index is -0.327. The molecule has 3 heterocycles. The second-order valence-electron chi connectivity index (χ2n) is 9.11. The number of hydrogen-bond donors (Lipinski definition) is 1. The number of aryl methyl sites for hydroxylation is 1. The maximum atomic E-state index is 14.7. The van der Waals surface area contributed by atoms with Gasteiger partial charge in [-0.25, -0.2) is 9.37 Å². The van der Waals surface area contributed by atoms with E-state index in [0.717, 1.165) is 53.2 Å². The molecule has 2 aromatic heterocycles. The number of rotatable bonds is 5. The quantitative estimate of drug-likeness (QED) is 0.471. The van der Waals surface area contributed by atoms with Gasteiger partial charge >= 0.3 is 0 Å². The smallest absolute Gasteiger partial charge is 0.254 e. The van der Waals surface area contributed by atoms with Crippen LogP contribution in [0.2, 0.25) is 0 Å². The number of hydrogen-bond acceptors (Lipinski definition) is 4. The number of nitrogens with zero attached hydrogens (tertiary/aromatic N) is 2. The van der Waals surface area contributed by atoms with Crippen molar-refractivity contribution in [2.75, 3.05) is 0 Å². The molecule has 5 nitrogen and oxygen atoms in total. The Morgan fingerprint density at radius 1 is 1.31 bits per heavy atom. The number of carbonyl (C=O) groups excluding carboxylic acids is 1. The fourth-order valence-electron chi connectivity index (χ4n) is 5.62. The zero-order chi connectivity index (χ0) is 22.7. The van der Waals surface area contributed by atoms with Gasteiger partial charge in [0, 0.05) is 34.5 Å². The number of fused-ring (bicyclic) bond motifs is 4. The third-order valence-corrected chi connectivity index (χ3v) is 7.32. The van der Waals surface area contributed by atoms with Gasteiger partial charge in [0.2, 0.25) is 0 Å². The zero-order valence-electron chi connectivity index (χ0n) is 18.8. The molecule has 3 aromatic rings. The monoisotopic (exact) mass is 433 g/mol. The molecular formula is C26H28FN3O2. The highest BCUT2D eigenvalue weighted by molar-refractivity contribution is 5.93. The molecule has 1 aliphatic carbocycles. The standard InChI is InChI=1S/C26H28FN3O2/c1-4-6-16-17(14(5-2)12-31)9-22-25-18(11-30(22)26(16)32)23-20(28)8-7-15-13(3)19(27)10-21(29-25)24(15)23/h9-10,12,14,20H,4-8,11,28H2,1-3H3. The molecule has 166 valence electrons. The number of aromatic nitrogens is 2. The van der Waals surface area contributed by atoms with Crippen molar-refractivity contribution in [3.05, 3.63) is 61.7 Å². The maximum absolute atomic E-state index is 14.7. The topological polar surface area (TPSA) is 78.0 Å². The molecule has 6 heteroatoms. The molecule has 32 heavy (non-hydrogen) atoms. The second-order valence-corrected chi connectivity index (χ2v) is 9.11. The summed E-state index contributed by atoms with van der Waals surface area (Å²) < 4.78 is 16.5. The lowest BCUT2D eigenvalue weighted by Crippen LogP contribution is -2.26. The molecule has 0 radical (unpaired) electrons. The molecule has 5 rings (SSSR count). The number of halogens is 1. The molecule has 2 N–H and O–H groups in total. The van der Waals surface area contributed by atoms with E-state index in [1.165, 1.54) is 6.07 Å². The van der Waals surface area contributed by atoms with E-state index in [1.807, 2.05) is 26.8 Å². The van der Waals surface area contributed by atoms with Crippen LogP contribution in [0.1, 0.15) is 78.5 Å². The van der Waals surface area contributed by atoms with Gasteiger partial charge in [0.05, 0.1) is 23.4 Å². The van der Waals surface area contributed by atoms with E-state index in [2.05, 4.69) is 0 Å². The summed E-state index contributed by atoms with van der Waals surface area (Å²) in [7, 11) is 0. The third kappa shape index (κ3) is 2.82. The predicted molar refractivity (Wildman–Crippen MR) is 124 cm³/mol. The van der Waals surface area contributed by atoms with Crippen LogP contribution >= 0.6 is 0 Å². The molecule has 1 aliphatic heterocycles. The number of pyridine rings is 2. The highest BCUT2D eigenvalue weighted by atomic mass is 19.1. The van der Waals surface area contributed by atoms with E-state index >= 15 is 0 Å². The van der Waals surface area contributed by atoms with Crippen molar-refractivity contribution in [1.82, 2.24) is 9.55 Å². The fourth-order valence-corrected chi connectivity index (χ4v) is 5.62. The average molecular weight is 434 g/mol. The van der Waals surface area contributed by atoms with Gasteiger partial charge in [0.1, 0.15) is 12.1 Å². The first-order chi connectivity index (χ1) is 15.4. The summed E-state index contributed by atoms with van der Waals surface area (Å²) >= 11 is 0. The first kappa shape index (κ1) is 21.0. The first-order valence-electron chi connectivity index (χ1n) is 11.5. The van der Waals surface area contributed by atoms with Crippen molar-refractivity contribution in [3.8, 4) is 11.4 Å². The molecule has 2 unspecified atom stereocenters. The summed E-state index contributed by atoms with van der Waals surface area (Å²) in [5.41, 5.74) is 13.6. The van der Waals surface area contributed by atoms with Gasteiger partial charge in [-0.1, -0.05) is 20.3 Å². The van der Waals surface area contributed by atoms with E-state index in [1.54, 1.807) is 4.57 Å². The predicted octanol–water partition coefficient (Wildman–Crippen LogP) is 4.46. The van der Waals surface area contributed by atoms with Gasteiger partial charge in [-0.2, -0.15) is 0 Å². The number of aldehydes is 1. The molecular weight excluding hydrogens is 405 g/mol. The van der Waals surface area contributed by atoms with E-state index in [0.29, 0.717) is 47.4 Å². The van der Waals surface area contributed by atoms with Crippen molar-refractivity contribution >= 4 is 17.2 Å². The van der Waals surface area contributed by atoms with Crippen LogP contribution in [0.15, 0.2) is 16.9 Å². The van der Waals surface area contributed by atoms with Crippen LogP contribution in [0, 0.1) is 12.7 Å². The average Bonchev–Trinajstić information content (AvgIpc) is 3.14. The molecule has 0 spiro atoms. The summed E-state index contributed by atoms with van der Waals surface area (Å²) in [5, 5.41) is 0.954. The molecule has 0 bridgehead atoms. The Balaban J connectivity index is 1.85. The summed E-state index contributed by atoms with van der Waals surface area (Å²) in [6.07, 6.45) is 4.48. The molecule has 0 fully saturated rings. The van der Waals surface area contributed by atoms with Gasteiger partial charge in [0.15, 0.2) is 0 Å². The Hall–Kier alpha value is -2.86. The summed E-state index contributed by atoms with van der Waals surface area (Å²) in [4.78, 5) is 30.2. The van der Waals surface area contributed by atoms with E-state index in [9.17, 15) is 14.0 Å². The van der Waals surface area contributed by atoms with Gasteiger partial charge in [0.25, 0.3) is 5.56 Å². The zero-order valence-corrected chi connectivity index (χ0v) is 18.8. The largest absolute Gasteiger partial charge is 0.324 e. The van der Waals surface area contributed by atoms with Gasteiger partial charge < -0.3 is 15.1 Å². The molecule has 1 aromatic carbocycles. The molecule has 0 saturated heterocycles. The molecule has 0 amide bonds. The highest BCUT2D eigenvalue weighted by Crippen LogP contribution is 2.44. The van der Waals surface area contributed by atoms with Crippen molar-refractivity contribution in [2.45, 2.75) is 71.4 Å². The van der Waals surface area contributed by atoms with Gasteiger partial charge in [-0.3, -0.25) is 4.79 Å². The van der Waals surface area contributed by atoms with Crippen molar-refractivity contribution in [1.29, 1.82) is 0 Å². The van der Waals surface area contributed by atoms with Crippen molar-refractivity contribution in [3.63, 3.8) is 0 Å². The number of benzene rings is 1. The van der Waals surface area contributed by atoms with Crippen LogP contribution in [-0.2, 0) is 24.2 Å². The Labute approximate surface area is 186 Å². The summed E-state index contributed by atoms with van der Waals surface area (Å²) in [6, 6.07) is 3.28. The minimum absolute atomic E-state index is 0.0547. The van der Waals surface area contributed by atoms with Crippen LogP contribution < -0.4 is 11.3 Å². The minimum Gasteiger partial charge on any atom is -0.324 e. The Kier molecular flexibility index (Phi) is 5.01. The lowest BCUT2D eigenvalue weighted by molar-refractivity contribution is -0.109. The highest BCUT2D eigenvalue weighted by Gasteiger charge is 2.33. The van der Waals surface area contributed by atoms with Crippen LogP contribution in [-0.4, -0.2) is 15.8 Å². The first-order valence-corrected chi connectivity index (χ1v) is 11.5. The number of nitrogens with two attached hydrogens (primary N) is 1. The molecule has 0 saturated carbocycles. The van der Waals surface area contributed by atoms with Crippen LogP contribution in [0.25, 0.3) is 22.3 Å². The third-order valence-electron chi connectivity index (χ3n) is 7.32. The van der Waals surface area contributed by atoms with Crippen molar-refractivity contribution < 1.29 is 9.18 Å². The van der Waals surface area contributed by atoms with Crippen molar-refractivity contribution in [2.24, 2.45) is 5.73 Å². The SMILES string of the molecule is CCCc1c(C(C=O)CC)cc2n(c1=O)Cc1c-2nc2cc(F)c(C)c3c2c1C(N)CC3. The summed E-state index contributed by atoms with van der Waals surface area (Å²) in [6.45, 7) is 6.22. The Morgan fingerprint density at radius 3 is 2.78 bits per heavy atom. The van der Waals surface area contributed by atoms with Gasteiger partial charge in [-0.15, -0.1) is 0 Å². The van der Waals surface area contributed by atoms with Gasteiger partial charge in [-0.05, 0) is 60.9 Å². The lowest BCUT2D eigenvalue weighted by Gasteiger charge is -2.26. The lowest BCUT2D eigenvalue weighted by atomic mass is 9.82.